The van der Waals surface area contributed by atoms with Gasteiger partial charge in [-0.15, -0.1) is 0 Å². The fraction of sp³-hybridized carbons (Fsp3) is 0.333. The minimum Gasteiger partial charge on any atom is -0.481 e. The number of esters is 1. The van der Waals surface area contributed by atoms with E-state index in [0.29, 0.717) is 0 Å². The smallest absolute Gasteiger partial charge is 0.350 e. The van der Waals surface area contributed by atoms with Crippen LogP contribution in [0.15, 0.2) is 6.07 Å². The predicted molar refractivity (Wildman–Crippen MR) is 77.2 cm³/mol. The number of aromatic nitrogens is 3. The van der Waals surface area contributed by atoms with Crippen molar-refractivity contribution in [2.75, 3.05) is 20.8 Å². The molecule has 0 N–H and O–H groups in total. The van der Waals surface area contributed by atoms with Crippen LogP contribution in [-0.2, 0) is 4.74 Å². The second-order valence-corrected chi connectivity index (χ2v) is 5.22. The third-order valence-corrected chi connectivity index (χ3v) is 3.51. The molecule has 0 saturated heterocycles. The highest BCUT2D eigenvalue weighted by Gasteiger charge is 2.23. The number of methoxy groups -OCH3 is 2. The molecule has 0 aliphatic heterocycles. The summed E-state index contributed by atoms with van der Waals surface area (Å²) in [7, 11) is 2.93. The minimum absolute atomic E-state index is 0.178. The summed E-state index contributed by atoms with van der Waals surface area (Å²) in [6.07, 6.45) is 0. The fourth-order valence-electron chi connectivity index (χ4n) is 1.50. The van der Waals surface area contributed by atoms with Crippen molar-refractivity contribution in [2.24, 2.45) is 0 Å². The number of hydrogen-bond acceptors (Lipinski definition) is 8. The van der Waals surface area contributed by atoms with Gasteiger partial charge in [0.15, 0.2) is 10.3 Å². The Kier molecular flexibility index (Phi) is 4.92. The van der Waals surface area contributed by atoms with Crippen molar-refractivity contribution in [1.29, 1.82) is 0 Å². The third kappa shape index (κ3) is 3.40. The summed E-state index contributed by atoms with van der Waals surface area (Å²) < 4.78 is 15.3. The number of nitrogens with zero attached hydrogens (tertiary/aromatic N) is 3. The van der Waals surface area contributed by atoms with Gasteiger partial charge in [-0.05, 0) is 6.92 Å². The molecule has 2 aromatic rings. The standard InChI is InChI=1S/C12H12ClN3O4S/c1-4-20-11(17)9-8(16-12(13)21-9)10-14-6(18-2)5-7(15-10)19-3/h5H,4H2,1-3H3. The van der Waals surface area contributed by atoms with Gasteiger partial charge in [-0.1, -0.05) is 22.9 Å². The Morgan fingerprint density at radius 3 is 2.38 bits per heavy atom. The van der Waals surface area contributed by atoms with Crippen LogP contribution in [0.25, 0.3) is 11.5 Å². The van der Waals surface area contributed by atoms with Gasteiger partial charge in [-0.2, -0.15) is 9.97 Å². The maximum Gasteiger partial charge on any atom is 0.350 e. The average Bonchev–Trinajstić information content (AvgIpc) is 2.89. The molecule has 2 rings (SSSR count). The molecule has 0 aliphatic carbocycles. The highest BCUT2D eigenvalue weighted by Crippen LogP contribution is 2.31. The molecule has 2 heterocycles. The summed E-state index contributed by atoms with van der Waals surface area (Å²) in [5.74, 6) is 0.228. The van der Waals surface area contributed by atoms with Gasteiger partial charge in [0.2, 0.25) is 11.8 Å². The molecular formula is C12H12ClN3O4S. The number of rotatable bonds is 5. The van der Waals surface area contributed by atoms with Crippen molar-refractivity contribution in [3.63, 3.8) is 0 Å². The summed E-state index contributed by atoms with van der Waals surface area (Å²) in [6.45, 7) is 1.96. The molecule has 0 radical (unpaired) electrons. The summed E-state index contributed by atoms with van der Waals surface area (Å²) in [5, 5.41) is 0. The van der Waals surface area contributed by atoms with Crippen LogP contribution < -0.4 is 9.47 Å². The van der Waals surface area contributed by atoms with Crippen molar-refractivity contribution in [3.8, 4) is 23.3 Å². The first kappa shape index (κ1) is 15.5. The van der Waals surface area contributed by atoms with Gasteiger partial charge in [0.05, 0.1) is 26.9 Å². The maximum atomic E-state index is 11.9. The van der Waals surface area contributed by atoms with E-state index < -0.39 is 5.97 Å². The number of carbonyl (C=O) groups is 1. The van der Waals surface area contributed by atoms with Gasteiger partial charge in [0.1, 0.15) is 10.6 Å². The lowest BCUT2D eigenvalue weighted by atomic mass is 10.3. The fourth-order valence-corrected chi connectivity index (χ4v) is 2.50. The summed E-state index contributed by atoms with van der Waals surface area (Å²) in [6, 6.07) is 1.52. The highest BCUT2D eigenvalue weighted by molar-refractivity contribution is 7.17. The molecule has 7 nitrogen and oxygen atoms in total. The lowest BCUT2D eigenvalue weighted by Crippen LogP contribution is -2.05. The van der Waals surface area contributed by atoms with Gasteiger partial charge >= 0.3 is 5.97 Å². The van der Waals surface area contributed by atoms with Crippen LogP contribution in [0.2, 0.25) is 4.47 Å². The van der Waals surface area contributed by atoms with Gasteiger partial charge in [-0.25, -0.2) is 9.78 Å². The van der Waals surface area contributed by atoms with E-state index >= 15 is 0 Å². The van der Waals surface area contributed by atoms with Gasteiger partial charge < -0.3 is 14.2 Å². The van der Waals surface area contributed by atoms with Crippen LogP contribution in [0.1, 0.15) is 16.6 Å². The molecule has 0 bridgehead atoms. The van der Waals surface area contributed by atoms with E-state index in [-0.39, 0.29) is 39.2 Å². The molecule has 0 aliphatic rings. The lowest BCUT2D eigenvalue weighted by molar-refractivity contribution is 0.0532. The molecule has 0 atom stereocenters. The SMILES string of the molecule is CCOC(=O)c1sc(Cl)nc1-c1nc(OC)cc(OC)n1. The molecule has 0 aromatic carbocycles. The van der Waals surface area contributed by atoms with Crippen molar-refractivity contribution in [3.05, 3.63) is 15.4 Å². The summed E-state index contributed by atoms with van der Waals surface area (Å²) in [4.78, 5) is 24.6. The normalized spacial score (nSPS) is 10.3. The van der Waals surface area contributed by atoms with Crippen LogP contribution in [0.3, 0.4) is 0 Å². The van der Waals surface area contributed by atoms with Crippen molar-refractivity contribution in [1.82, 2.24) is 15.0 Å². The van der Waals surface area contributed by atoms with E-state index in [1.807, 2.05) is 0 Å². The largest absolute Gasteiger partial charge is 0.481 e. The first-order chi connectivity index (χ1) is 10.1. The van der Waals surface area contributed by atoms with E-state index in [2.05, 4.69) is 15.0 Å². The zero-order valence-electron chi connectivity index (χ0n) is 11.5. The topological polar surface area (TPSA) is 83.4 Å². The Bertz CT molecular complexity index is 640. The number of carbonyl (C=O) groups excluding carboxylic acids is 1. The molecule has 0 spiro atoms. The van der Waals surface area contributed by atoms with Crippen molar-refractivity contribution >= 4 is 28.9 Å². The van der Waals surface area contributed by atoms with Crippen LogP contribution in [0, 0.1) is 0 Å². The molecular weight excluding hydrogens is 318 g/mol. The molecule has 9 heteroatoms. The molecule has 112 valence electrons. The van der Waals surface area contributed by atoms with Crippen LogP contribution >= 0.6 is 22.9 Å². The van der Waals surface area contributed by atoms with Gasteiger partial charge in [-0.3, -0.25) is 0 Å². The first-order valence-corrected chi connectivity index (χ1v) is 7.09. The molecule has 0 amide bonds. The second-order valence-electron chi connectivity index (χ2n) is 3.64. The Hall–Kier alpha value is -1.93. The predicted octanol–water partition coefficient (Wildman–Crippen LogP) is 2.45. The number of halogens is 1. The minimum atomic E-state index is -0.526. The van der Waals surface area contributed by atoms with E-state index in [4.69, 9.17) is 25.8 Å². The molecule has 2 aromatic heterocycles. The number of hydrogen-bond donors (Lipinski definition) is 0. The van der Waals surface area contributed by atoms with Crippen molar-refractivity contribution in [2.45, 2.75) is 6.92 Å². The van der Waals surface area contributed by atoms with E-state index in [1.165, 1.54) is 20.3 Å². The highest BCUT2D eigenvalue weighted by atomic mass is 35.5. The molecule has 0 unspecified atom stereocenters. The molecule has 21 heavy (non-hydrogen) atoms. The van der Waals surface area contributed by atoms with Crippen LogP contribution in [0.4, 0.5) is 0 Å². The Labute approximate surface area is 129 Å². The Morgan fingerprint density at radius 1 is 1.24 bits per heavy atom. The number of thiazole rings is 1. The Balaban J connectivity index is 2.53. The van der Waals surface area contributed by atoms with Gasteiger partial charge in [0, 0.05) is 0 Å². The monoisotopic (exact) mass is 329 g/mol. The van der Waals surface area contributed by atoms with E-state index in [0.717, 1.165) is 11.3 Å². The van der Waals surface area contributed by atoms with E-state index in [1.54, 1.807) is 6.92 Å². The third-order valence-electron chi connectivity index (χ3n) is 2.37. The maximum absolute atomic E-state index is 11.9. The quantitative estimate of drug-likeness (QED) is 0.779. The van der Waals surface area contributed by atoms with Crippen molar-refractivity contribution < 1.29 is 19.0 Å². The zero-order chi connectivity index (χ0) is 15.4. The first-order valence-electron chi connectivity index (χ1n) is 5.89. The lowest BCUT2D eigenvalue weighted by Gasteiger charge is -2.06. The van der Waals surface area contributed by atoms with E-state index in [9.17, 15) is 4.79 Å². The van der Waals surface area contributed by atoms with Crippen LogP contribution in [0.5, 0.6) is 11.8 Å². The zero-order valence-corrected chi connectivity index (χ0v) is 13.1. The average molecular weight is 330 g/mol. The molecule has 0 saturated carbocycles. The Morgan fingerprint density at radius 2 is 1.86 bits per heavy atom. The number of ether oxygens (including phenoxy) is 3. The summed E-state index contributed by atoms with van der Waals surface area (Å²) in [5.41, 5.74) is 0.237. The molecule has 0 fully saturated rings. The second kappa shape index (κ2) is 6.68. The van der Waals surface area contributed by atoms with Gasteiger partial charge in [0.25, 0.3) is 0 Å². The van der Waals surface area contributed by atoms with Crippen LogP contribution in [-0.4, -0.2) is 41.7 Å². The summed E-state index contributed by atoms with van der Waals surface area (Å²) >= 11 is 6.89.